The molecular formula is C56H94N5O13+. The third-order valence-electron chi connectivity index (χ3n) is 16.3. The molecule has 420 valence electrons. The van der Waals surface area contributed by atoms with Crippen LogP contribution in [-0.4, -0.2) is 185 Å². The van der Waals surface area contributed by atoms with Crippen LogP contribution >= 0.6 is 0 Å². The Kier molecular flexibility index (Phi) is 22.3. The van der Waals surface area contributed by atoms with Gasteiger partial charge in [-0.15, -0.1) is 0 Å². The van der Waals surface area contributed by atoms with Crippen molar-refractivity contribution < 1.29 is 69.2 Å². The van der Waals surface area contributed by atoms with Crippen LogP contribution in [0.25, 0.3) is 11.1 Å². The first-order chi connectivity index (χ1) is 34.8. The normalized spacial score (nSPS) is 37.9. The van der Waals surface area contributed by atoms with Gasteiger partial charge >= 0.3 is 5.97 Å². The highest BCUT2D eigenvalue weighted by Crippen LogP contribution is 2.40. The highest BCUT2D eigenvalue weighted by molar-refractivity contribution is 5.73. The summed E-state index contributed by atoms with van der Waals surface area (Å²) in [7, 11) is 7.09. The van der Waals surface area contributed by atoms with Crippen molar-refractivity contribution in [2.75, 3.05) is 48.0 Å². The van der Waals surface area contributed by atoms with Gasteiger partial charge in [0.15, 0.2) is 12.6 Å². The molecular weight excluding hydrogens is 951 g/mol. The van der Waals surface area contributed by atoms with E-state index in [1.165, 1.54) is 14.0 Å². The molecule has 0 radical (unpaired) electrons. The lowest BCUT2D eigenvalue weighted by atomic mass is 9.77. The van der Waals surface area contributed by atoms with Gasteiger partial charge in [-0.1, -0.05) is 45.0 Å². The predicted molar refractivity (Wildman–Crippen MR) is 281 cm³/mol. The number of hydrogen-bond acceptors (Lipinski definition) is 17. The van der Waals surface area contributed by atoms with Crippen LogP contribution in [0, 0.1) is 17.8 Å². The number of aliphatic hydroxyl groups is 5. The predicted octanol–water partition coefficient (Wildman–Crippen LogP) is 4.04. The number of carbonyl (C=O) groups excluding carboxylic acids is 1. The summed E-state index contributed by atoms with van der Waals surface area (Å²) >= 11 is 0. The van der Waals surface area contributed by atoms with Gasteiger partial charge < -0.3 is 79.5 Å². The van der Waals surface area contributed by atoms with Crippen molar-refractivity contribution in [3.63, 3.8) is 0 Å². The third-order valence-corrected chi connectivity index (χ3v) is 16.3. The topological polar surface area (TPSA) is 242 Å². The number of cyclic esters (lactones) is 1. The number of ether oxygens (including phenoxy) is 7. The number of methoxy groups -OCH3 is 2. The van der Waals surface area contributed by atoms with Gasteiger partial charge in [-0.05, 0) is 111 Å². The molecule has 0 aliphatic carbocycles. The zero-order valence-corrected chi connectivity index (χ0v) is 46.9. The highest BCUT2D eigenvalue weighted by atomic mass is 16.7. The van der Waals surface area contributed by atoms with Crippen LogP contribution in [0.5, 0.6) is 5.75 Å². The first kappa shape index (κ1) is 61.5. The van der Waals surface area contributed by atoms with E-state index in [2.05, 4.69) is 40.1 Å². The molecule has 2 aromatic rings. The molecule has 18 nitrogen and oxygen atoms in total. The van der Waals surface area contributed by atoms with Crippen LogP contribution in [0.3, 0.4) is 0 Å². The van der Waals surface area contributed by atoms with Gasteiger partial charge in [0.25, 0.3) is 0 Å². The van der Waals surface area contributed by atoms with Crippen molar-refractivity contribution in [1.29, 1.82) is 0 Å². The van der Waals surface area contributed by atoms with Crippen LogP contribution in [0.15, 0.2) is 54.6 Å². The molecule has 3 aliphatic heterocycles. The first-order valence-electron chi connectivity index (χ1n) is 26.8. The van der Waals surface area contributed by atoms with Gasteiger partial charge in [0, 0.05) is 69.2 Å². The molecule has 74 heavy (non-hydrogen) atoms. The lowest BCUT2D eigenvalue weighted by Crippen LogP contribution is -2.59. The molecule has 0 unspecified atom stereocenters. The van der Waals surface area contributed by atoms with Gasteiger partial charge in [0.2, 0.25) is 0 Å². The number of hydrogen-bond donors (Lipinski definition) is 7. The number of aliphatic hydroxyl groups excluding tert-OH is 3. The number of pyridine rings is 1. The SMILES string of the molecule is CC[C@H]1OC(=O)[C@H](C)[C@@H](O[C@H]2C[C@@](C)(OC)[C@@H](O)[C@H](C)O2)[C@H](C)[C@@H](O[C@H]2C[C@@H](N(C)CC/C([NH3+])=C/N[C@H](CO)Cc3ccc(-c4cncc(OC)c4)cc3)C[C@@H](C)O2)[C@](C)(O)C[C@@H](C)CN(C)[C@H](C)[C@@H](O)[C@]1(C)O. The zero-order valence-electron chi connectivity index (χ0n) is 46.9. The van der Waals surface area contributed by atoms with Crippen LogP contribution in [-0.2, 0) is 39.6 Å². The molecule has 3 saturated heterocycles. The maximum atomic E-state index is 14.5. The number of aromatic nitrogens is 1. The molecule has 0 bridgehead atoms. The quantitative estimate of drug-likeness (QED) is 0.111. The summed E-state index contributed by atoms with van der Waals surface area (Å²) in [6, 6.07) is 9.45. The fourth-order valence-corrected chi connectivity index (χ4v) is 11.4. The van der Waals surface area contributed by atoms with Gasteiger partial charge in [-0.3, -0.25) is 9.78 Å². The number of likely N-dealkylation sites (N-methyl/N-ethyl adjacent to an activating group) is 1. The minimum Gasteiger partial charge on any atom is -0.495 e. The Bertz CT molecular complexity index is 2080. The fourth-order valence-electron chi connectivity index (χ4n) is 11.4. The Balaban J connectivity index is 1.35. The van der Waals surface area contributed by atoms with Gasteiger partial charge in [0.1, 0.15) is 35.4 Å². The van der Waals surface area contributed by atoms with Crippen molar-refractivity contribution in [2.45, 2.75) is 204 Å². The van der Waals surface area contributed by atoms with E-state index in [1.807, 2.05) is 64.0 Å². The lowest BCUT2D eigenvalue weighted by molar-refractivity contribution is -0.309. The van der Waals surface area contributed by atoms with E-state index >= 15 is 0 Å². The van der Waals surface area contributed by atoms with Crippen molar-refractivity contribution in [3.8, 4) is 16.9 Å². The summed E-state index contributed by atoms with van der Waals surface area (Å²) in [5, 5.41) is 61.2. The fraction of sp³-hybridized carbons (Fsp3) is 0.750. The molecule has 3 fully saturated rings. The zero-order chi connectivity index (χ0) is 54.9. The number of nitrogens with one attached hydrogen (secondary N) is 1. The number of nitrogens with zero attached hydrogens (tertiary/aromatic N) is 3. The number of esters is 1. The van der Waals surface area contributed by atoms with E-state index in [-0.39, 0.29) is 50.0 Å². The summed E-state index contributed by atoms with van der Waals surface area (Å²) in [5.74, 6) is -1.80. The standard InChI is InChI=1S/C56H93N5O13/c1-15-46-56(10,67)50(63)37(6)61(12)31-33(2)26-54(8,66)52(35(4)49(36(5)53(65)72-46)73-48-27-55(9,69-14)51(64)38(7)71-48)74-47-25-44(22-34(3)70-47)60(11)21-20-42(57)29-59-43(32-62)23-39-16-18-40(19-17-39)41-24-45(68-13)30-58-28-41/h16-19,24,28-30,33-38,43-44,46-52,59,62-64,66-67H,15,20-23,25-27,31-32,57H2,1-14H3/p+1/b42-29-/t33-,34-,35+,36-,37-,38+,43+,44+,46-,47+,48+,49+,50-,51+,52-,54-,55-,56-/m1/s1. The summed E-state index contributed by atoms with van der Waals surface area (Å²) in [5.41, 5.74) is 3.93. The average molecular weight is 1050 g/mol. The van der Waals surface area contributed by atoms with Gasteiger partial charge in [-0.2, -0.15) is 0 Å². The summed E-state index contributed by atoms with van der Waals surface area (Å²) in [6.45, 7) is 19.1. The molecule has 4 heterocycles. The van der Waals surface area contributed by atoms with Crippen LogP contribution < -0.4 is 15.8 Å². The van der Waals surface area contributed by atoms with Gasteiger partial charge in [-0.25, -0.2) is 0 Å². The number of rotatable bonds is 17. The minimum atomic E-state index is -1.81. The second-order valence-electron chi connectivity index (χ2n) is 22.7. The number of quaternary nitrogens is 1. The van der Waals surface area contributed by atoms with Gasteiger partial charge in [0.05, 0.1) is 73.7 Å². The summed E-state index contributed by atoms with van der Waals surface area (Å²) in [4.78, 5) is 23.0. The molecule has 0 spiro atoms. The van der Waals surface area contributed by atoms with Crippen molar-refractivity contribution in [2.24, 2.45) is 17.8 Å². The molecule has 5 rings (SSSR count). The van der Waals surface area contributed by atoms with Crippen LogP contribution in [0.2, 0.25) is 0 Å². The third kappa shape index (κ3) is 15.7. The number of carbonyl (C=O) groups is 1. The molecule has 3 aliphatic rings. The Labute approximate surface area is 441 Å². The van der Waals surface area contributed by atoms with E-state index in [4.69, 9.17) is 33.2 Å². The van der Waals surface area contributed by atoms with Crippen molar-refractivity contribution in [3.05, 3.63) is 60.2 Å². The minimum absolute atomic E-state index is 0.0448. The molecule has 1 aromatic heterocycles. The molecule has 1 aromatic carbocycles. The Morgan fingerprint density at radius 1 is 0.973 bits per heavy atom. The van der Waals surface area contributed by atoms with Crippen molar-refractivity contribution in [1.82, 2.24) is 20.1 Å². The van der Waals surface area contributed by atoms with E-state index in [0.29, 0.717) is 38.1 Å². The van der Waals surface area contributed by atoms with E-state index < -0.39 is 89.9 Å². The second-order valence-corrected chi connectivity index (χ2v) is 22.7. The molecule has 0 amide bonds. The lowest BCUT2D eigenvalue weighted by Gasteiger charge is -2.48. The van der Waals surface area contributed by atoms with E-state index in [1.54, 1.807) is 54.1 Å². The Morgan fingerprint density at radius 2 is 1.66 bits per heavy atom. The second kappa shape index (κ2) is 26.8. The van der Waals surface area contributed by atoms with Crippen LogP contribution in [0.1, 0.15) is 113 Å². The molecule has 18 heteroatoms. The van der Waals surface area contributed by atoms with Crippen molar-refractivity contribution >= 4 is 5.97 Å². The smallest absolute Gasteiger partial charge is 0.311 e. The molecule has 9 N–H and O–H groups in total. The first-order valence-corrected chi connectivity index (χ1v) is 26.8. The Morgan fingerprint density at radius 3 is 2.30 bits per heavy atom. The van der Waals surface area contributed by atoms with E-state index in [0.717, 1.165) is 28.8 Å². The highest BCUT2D eigenvalue weighted by Gasteiger charge is 2.52. The molecule has 0 saturated carbocycles. The molecule has 18 atom stereocenters. The monoisotopic (exact) mass is 1040 g/mol. The maximum absolute atomic E-state index is 14.5. The summed E-state index contributed by atoms with van der Waals surface area (Å²) < 4.78 is 44.1. The number of benzene rings is 1. The average Bonchev–Trinajstić information content (AvgIpc) is 3.36. The Hall–Kier alpha value is -3.34. The van der Waals surface area contributed by atoms with E-state index in [9.17, 15) is 30.3 Å². The maximum Gasteiger partial charge on any atom is 0.311 e. The van der Waals surface area contributed by atoms with Crippen LogP contribution in [0.4, 0.5) is 0 Å². The largest absolute Gasteiger partial charge is 0.495 e. The summed E-state index contributed by atoms with van der Waals surface area (Å²) in [6.07, 6.45) is 0.712.